The molecule has 4 rings (SSSR count). The van der Waals surface area contributed by atoms with Gasteiger partial charge >= 0.3 is 0 Å². The van der Waals surface area contributed by atoms with Crippen molar-refractivity contribution in [3.05, 3.63) is 73.9 Å². The first-order chi connectivity index (χ1) is 10.7. The number of halogens is 2. The molecule has 1 aromatic heterocycles. The molecule has 0 unspecified atom stereocenters. The van der Waals surface area contributed by atoms with Crippen molar-refractivity contribution < 1.29 is 0 Å². The SMILES string of the molecule is Ic1ccc2c(c1)nc(-c1ccccc1)c1cc(I)ccc12. The monoisotopic (exact) mass is 507 g/mol. The van der Waals surface area contributed by atoms with Gasteiger partial charge < -0.3 is 0 Å². The summed E-state index contributed by atoms with van der Waals surface area (Å²) in [6, 6.07) is 23.5. The van der Waals surface area contributed by atoms with Crippen LogP contribution >= 0.6 is 45.2 Å². The van der Waals surface area contributed by atoms with Gasteiger partial charge in [-0.1, -0.05) is 42.5 Å². The summed E-state index contributed by atoms with van der Waals surface area (Å²) in [4.78, 5) is 4.97. The van der Waals surface area contributed by atoms with E-state index in [0.29, 0.717) is 0 Å². The van der Waals surface area contributed by atoms with E-state index in [-0.39, 0.29) is 0 Å². The number of nitrogens with zero attached hydrogens (tertiary/aromatic N) is 1. The molecule has 0 bridgehead atoms. The first kappa shape index (κ1) is 14.4. The van der Waals surface area contributed by atoms with Crippen LogP contribution in [0.4, 0.5) is 0 Å². The average Bonchev–Trinajstić information content (AvgIpc) is 2.54. The fourth-order valence-electron chi connectivity index (χ4n) is 2.77. The van der Waals surface area contributed by atoms with Crippen LogP contribution in [-0.4, -0.2) is 4.98 Å². The van der Waals surface area contributed by atoms with E-state index in [9.17, 15) is 0 Å². The molecular weight excluding hydrogens is 496 g/mol. The lowest BCUT2D eigenvalue weighted by Crippen LogP contribution is -1.90. The minimum atomic E-state index is 1.06. The molecule has 4 aromatic rings. The van der Waals surface area contributed by atoms with Crippen molar-refractivity contribution in [2.45, 2.75) is 0 Å². The Hall–Kier alpha value is -1.21. The normalized spacial score (nSPS) is 11.2. The first-order valence-electron chi connectivity index (χ1n) is 6.96. The molecule has 106 valence electrons. The molecule has 0 N–H and O–H groups in total. The van der Waals surface area contributed by atoms with E-state index < -0.39 is 0 Å². The Morgan fingerprint density at radius 1 is 0.636 bits per heavy atom. The molecular formula is C19H11I2N. The maximum atomic E-state index is 4.97. The molecule has 0 amide bonds. The number of hydrogen-bond donors (Lipinski definition) is 0. The van der Waals surface area contributed by atoms with Gasteiger partial charge in [-0.25, -0.2) is 4.98 Å². The minimum Gasteiger partial charge on any atom is -0.247 e. The van der Waals surface area contributed by atoms with E-state index in [4.69, 9.17) is 4.98 Å². The predicted octanol–water partition coefficient (Wildman–Crippen LogP) is 6.26. The maximum absolute atomic E-state index is 4.97. The summed E-state index contributed by atoms with van der Waals surface area (Å²) in [6.07, 6.45) is 0. The van der Waals surface area contributed by atoms with Gasteiger partial charge in [-0.15, -0.1) is 0 Å². The molecule has 3 aromatic carbocycles. The third-order valence-corrected chi connectivity index (χ3v) is 5.11. The van der Waals surface area contributed by atoms with Crippen molar-refractivity contribution in [2.75, 3.05) is 0 Å². The van der Waals surface area contributed by atoms with E-state index in [1.807, 2.05) is 6.07 Å². The predicted molar refractivity (Wildman–Crippen MR) is 110 cm³/mol. The van der Waals surface area contributed by atoms with Gasteiger partial charge in [0.15, 0.2) is 0 Å². The standard InChI is InChI=1S/C19H11I2N/c20-13-6-8-15-16-9-7-14(21)11-18(16)22-19(17(15)10-13)12-4-2-1-3-5-12/h1-11H. The van der Waals surface area contributed by atoms with Crippen molar-refractivity contribution in [1.29, 1.82) is 0 Å². The zero-order chi connectivity index (χ0) is 15.1. The van der Waals surface area contributed by atoms with E-state index in [0.717, 1.165) is 16.8 Å². The number of rotatable bonds is 1. The van der Waals surface area contributed by atoms with Crippen molar-refractivity contribution in [1.82, 2.24) is 4.98 Å². The lowest BCUT2D eigenvalue weighted by Gasteiger charge is -2.11. The summed E-state index contributed by atoms with van der Waals surface area (Å²) >= 11 is 4.71. The quantitative estimate of drug-likeness (QED) is 0.219. The topological polar surface area (TPSA) is 12.9 Å². The molecule has 1 heterocycles. The third kappa shape index (κ3) is 2.50. The molecule has 0 fully saturated rings. The lowest BCUT2D eigenvalue weighted by atomic mass is 10.0. The summed E-state index contributed by atoms with van der Waals surface area (Å²) in [6.45, 7) is 0. The molecule has 22 heavy (non-hydrogen) atoms. The van der Waals surface area contributed by atoms with Gasteiger partial charge in [0.25, 0.3) is 0 Å². The van der Waals surface area contributed by atoms with E-state index in [1.54, 1.807) is 0 Å². The maximum Gasteiger partial charge on any atom is 0.0788 e. The van der Waals surface area contributed by atoms with Crippen molar-refractivity contribution >= 4 is 66.9 Å². The van der Waals surface area contributed by atoms with Crippen molar-refractivity contribution in [3.8, 4) is 11.3 Å². The average molecular weight is 507 g/mol. The highest BCUT2D eigenvalue weighted by atomic mass is 127. The van der Waals surface area contributed by atoms with Crippen molar-refractivity contribution in [3.63, 3.8) is 0 Å². The van der Waals surface area contributed by atoms with E-state index in [1.165, 1.54) is 23.3 Å². The number of benzene rings is 3. The van der Waals surface area contributed by atoms with Gasteiger partial charge in [0.05, 0.1) is 11.2 Å². The Morgan fingerprint density at radius 2 is 1.32 bits per heavy atom. The summed E-state index contributed by atoms with van der Waals surface area (Å²) in [7, 11) is 0. The molecule has 0 radical (unpaired) electrons. The lowest BCUT2D eigenvalue weighted by molar-refractivity contribution is 1.42. The van der Waals surface area contributed by atoms with Gasteiger partial charge in [-0.05, 0) is 74.8 Å². The van der Waals surface area contributed by atoms with Gasteiger partial charge in [-0.3, -0.25) is 0 Å². The van der Waals surface area contributed by atoms with Crippen LogP contribution in [0, 0.1) is 7.14 Å². The van der Waals surface area contributed by atoms with E-state index in [2.05, 4.69) is 106 Å². The summed E-state index contributed by atoms with van der Waals surface area (Å²) in [5.74, 6) is 0. The largest absolute Gasteiger partial charge is 0.247 e. The van der Waals surface area contributed by atoms with E-state index >= 15 is 0 Å². The number of aromatic nitrogens is 1. The molecule has 3 heteroatoms. The highest BCUT2D eigenvalue weighted by molar-refractivity contribution is 14.1. The number of pyridine rings is 1. The number of hydrogen-bond acceptors (Lipinski definition) is 1. The Kier molecular flexibility index (Phi) is 3.78. The second-order valence-electron chi connectivity index (χ2n) is 5.18. The van der Waals surface area contributed by atoms with Gasteiger partial charge in [0.1, 0.15) is 0 Å². The molecule has 0 spiro atoms. The Bertz CT molecular complexity index is 994. The minimum absolute atomic E-state index is 1.06. The van der Waals surface area contributed by atoms with Crippen LogP contribution in [-0.2, 0) is 0 Å². The Morgan fingerprint density at radius 3 is 2.09 bits per heavy atom. The van der Waals surface area contributed by atoms with Crippen LogP contribution in [0.2, 0.25) is 0 Å². The highest BCUT2D eigenvalue weighted by Gasteiger charge is 2.10. The summed E-state index contributed by atoms with van der Waals surface area (Å²) < 4.78 is 2.44. The molecule has 0 atom stereocenters. The van der Waals surface area contributed by atoms with Crippen molar-refractivity contribution in [2.24, 2.45) is 0 Å². The smallest absolute Gasteiger partial charge is 0.0788 e. The van der Waals surface area contributed by atoms with Crippen LogP contribution in [0.25, 0.3) is 32.9 Å². The number of fused-ring (bicyclic) bond motifs is 3. The Labute approximate surface area is 156 Å². The molecule has 0 aliphatic carbocycles. The molecule has 1 nitrogen and oxygen atoms in total. The van der Waals surface area contributed by atoms with Crippen LogP contribution < -0.4 is 0 Å². The van der Waals surface area contributed by atoms with Crippen LogP contribution in [0.5, 0.6) is 0 Å². The molecule has 0 aliphatic heterocycles. The molecule has 0 saturated heterocycles. The van der Waals surface area contributed by atoms with Gasteiger partial charge in [0, 0.05) is 23.5 Å². The second kappa shape index (κ2) is 5.77. The molecule has 0 aliphatic rings. The fourth-order valence-corrected chi connectivity index (χ4v) is 3.74. The van der Waals surface area contributed by atoms with Crippen LogP contribution in [0.15, 0.2) is 66.7 Å². The summed E-state index contributed by atoms with van der Waals surface area (Å²) in [5, 5.41) is 3.69. The van der Waals surface area contributed by atoms with Crippen LogP contribution in [0.3, 0.4) is 0 Å². The van der Waals surface area contributed by atoms with Crippen LogP contribution in [0.1, 0.15) is 0 Å². The Balaban J connectivity index is 2.19. The first-order valence-corrected chi connectivity index (χ1v) is 9.12. The zero-order valence-electron chi connectivity index (χ0n) is 11.6. The zero-order valence-corrected chi connectivity index (χ0v) is 15.9. The fraction of sp³-hybridized carbons (Fsp3) is 0. The van der Waals surface area contributed by atoms with Gasteiger partial charge in [0.2, 0.25) is 0 Å². The summed E-state index contributed by atoms with van der Waals surface area (Å²) in [5.41, 5.74) is 3.28. The highest BCUT2D eigenvalue weighted by Crippen LogP contribution is 2.33. The third-order valence-electron chi connectivity index (χ3n) is 3.77. The molecule has 0 saturated carbocycles. The van der Waals surface area contributed by atoms with Gasteiger partial charge in [-0.2, -0.15) is 0 Å². The second-order valence-corrected chi connectivity index (χ2v) is 7.67.